The van der Waals surface area contributed by atoms with Gasteiger partial charge in [0, 0.05) is 12.1 Å². The summed E-state index contributed by atoms with van der Waals surface area (Å²) >= 11 is 0. The maximum Gasteiger partial charge on any atom is 0.122 e. The van der Waals surface area contributed by atoms with Crippen LogP contribution in [0.5, 0.6) is 0 Å². The van der Waals surface area contributed by atoms with Crippen LogP contribution in [0.3, 0.4) is 0 Å². The van der Waals surface area contributed by atoms with E-state index in [0.29, 0.717) is 6.04 Å². The normalized spacial score (nSPS) is 27.4. The molecule has 0 amide bonds. The minimum Gasteiger partial charge on any atom is -0.465 e. The summed E-state index contributed by atoms with van der Waals surface area (Å²) < 4.78 is 5.81. The van der Waals surface area contributed by atoms with Gasteiger partial charge in [0.25, 0.3) is 0 Å². The SMILES string of the molecule is Cc1ccc(C2C(N)CCCCN2C(C)C)o1. The highest BCUT2D eigenvalue weighted by Crippen LogP contribution is 2.31. The van der Waals surface area contributed by atoms with Gasteiger partial charge < -0.3 is 10.2 Å². The molecule has 2 rings (SSSR count). The summed E-state index contributed by atoms with van der Waals surface area (Å²) in [5.41, 5.74) is 6.35. The van der Waals surface area contributed by atoms with E-state index < -0.39 is 0 Å². The fourth-order valence-corrected chi connectivity index (χ4v) is 2.78. The van der Waals surface area contributed by atoms with E-state index >= 15 is 0 Å². The molecule has 0 spiro atoms. The van der Waals surface area contributed by atoms with Gasteiger partial charge in [0.15, 0.2) is 0 Å². The number of nitrogens with zero attached hydrogens (tertiary/aromatic N) is 1. The Morgan fingerprint density at radius 2 is 2.12 bits per heavy atom. The van der Waals surface area contributed by atoms with E-state index in [2.05, 4.69) is 24.8 Å². The number of hydrogen-bond donors (Lipinski definition) is 1. The highest BCUT2D eigenvalue weighted by Gasteiger charge is 2.32. The molecule has 1 aromatic heterocycles. The van der Waals surface area contributed by atoms with Crippen LogP contribution < -0.4 is 5.73 Å². The lowest BCUT2D eigenvalue weighted by Gasteiger charge is -2.35. The van der Waals surface area contributed by atoms with Gasteiger partial charge in [-0.15, -0.1) is 0 Å². The Balaban J connectivity index is 2.29. The third-order valence-electron chi connectivity index (χ3n) is 3.68. The Morgan fingerprint density at radius 3 is 2.71 bits per heavy atom. The molecule has 1 saturated heterocycles. The van der Waals surface area contributed by atoms with Gasteiger partial charge in [-0.1, -0.05) is 6.42 Å². The fraction of sp³-hybridized carbons (Fsp3) is 0.714. The van der Waals surface area contributed by atoms with Gasteiger partial charge in [-0.2, -0.15) is 0 Å². The van der Waals surface area contributed by atoms with Crippen molar-refractivity contribution in [3.63, 3.8) is 0 Å². The third kappa shape index (κ3) is 2.72. The topological polar surface area (TPSA) is 42.4 Å². The zero-order valence-electron chi connectivity index (χ0n) is 11.1. The van der Waals surface area contributed by atoms with Gasteiger partial charge in [0.1, 0.15) is 11.5 Å². The number of nitrogens with two attached hydrogens (primary N) is 1. The molecular weight excluding hydrogens is 212 g/mol. The molecule has 17 heavy (non-hydrogen) atoms. The van der Waals surface area contributed by atoms with Crippen LogP contribution >= 0.6 is 0 Å². The molecular formula is C14H24N2O. The highest BCUT2D eigenvalue weighted by atomic mass is 16.3. The van der Waals surface area contributed by atoms with E-state index in [1.165, 1.54) is 12.8 Å². The summed E-state index contributed by atoms with van der Waals surface area (Å²) in [6.45, 7) is 7.59. The van der Waals surface area contributed by atoms with Crippen LogP contribution in [0.4, 0.5) is 0 Å². The van der Waals surface area contributed by atoms with E-state index in [1.807, 2.05) is 13.0 Å². The van der Waals surface area contributed by atoms with Gasteiger partial charge in [-0.05, 0) is 52.3 Å². The molecule has 2 N–H and O–H groups in total. The maximum atomic E-state index is 6.35. The van der Waals surface area contributed by atoms with Crippen molar-refractivity contribution in [3.05, 3.63) is 23.7 Å². The zero-order chi connectivity index (χ0) is 12.4. The summed E-state index contributed by atoms with van der Waals surface area (Å²) in [4.78, 5) is 2.48. The number of aryl methyl sites for hydroxylation is 1. The summed E-state index contributed by atoms with van der Waals surface area (Å²) in [6, 6.07) is 5.05. The molecule has 2 atom stereocenters. The molecule has 0 radical (unpaired) electrons. The van der Waals surface area contributed by atoms with Crippen LogP contribution in [-0.2, 0) is 0 Å². The summed E-state index contributed by atoms with van der Waals surface area (Å²) in [5, 5.41) is 0. The summed E-state index contributed by atoms with van der Waals surface area (Å²) in [6.07, 6.45) is 3.55. The lowest BCUT2D eigenvalue weighted by Crippen LogP contribution is -2.43. The van der Waals surface area contributed by atoms with Crippen molar-refractivity contribution in [2.75, 3.05) is 6.54 Å². The second kappa shape index (κ2) is 5.23. The first-order valence-corrected chi connectivity index (χ1v) is 6.67. The fourth-order valence-electron chi connectivity index (χ4n) is 2.78. The first-order chi connectivity index (χ1) is 8.09. The van der Waals surface area contributed by atoms with Crippen LogP contribution in [0.1, 0.15) is 50.7 Å². The zero-order valence-corrected chi connectivity index (χ0v) is 11.1. The van der Waals surface area contributed by atoms with Crippen LogP contribution in [0.25, 0.3) is 0 Å². The quantitative estimate of drug-likeness (QED) is 0.858. The lowest BCUT2D eigenvalue weighted by molar-refractivity contribution is 0.125. The molecule has 2 heterocycles. The van der Waals surface area contributed by atoms with E-state index in [0.717, 1.165) is 24.5 Å². The van der Waals surface area contributed by atoms with Crippen LogP contribution in [0, 0.1) is 6.92 Å². The van der Waals surface area contributed by atoms with Crippen LogP contribution in [0.2, 0.25) is 0 Å². The largest absolute Gasteiger partial charge is 0.465 e. The molecule has 1 aliphatic rings. The molecule has 3 nitrogen and oxygen atoms in total. The minimum absolute atomic E-state index is 0.186. The summed E-state index contributed by atoms with van der Waals surface area (Å²) in [7, 11) is 0. The van der Waals surface area contributed by atoms with Crippen molar-refractivity contribution in [2.24, 2.45) is 5.73 Å². The van der Waals surface area contributed by atoms with E-state index in [4.69, 9.17) is 10.2 Å². The van der Waals surface area contributed by atoms with Crippen molar-refractivity contribution < 1.29 is 4.42 Å². The third-order valence-corrected chi connectivity index (χ3v) is 3.68. The molecule has 0 aromatic carbocycles. The molecule has 2 unspecified atom stereocenters. The monoisotopic (exact) mass is 236 g/mol. The van der Waals surface area contributed by atoms with Crippen LogP contribution in [0.15, 0.2) is 16.5 Å². The van der Waals surface area contributed by atoms with E-state index in [9.17, 15) is 0 Å². The van der Waals surface area contributed by atoms with Gasteiger partial charge in [0.05, 0.1) is 6.04 Å². The first kappa shape index (κ1) is 12.7. The molecule has 3 heteroatoms. The van der Waals surface area contributed by atoms with Crippen LogP contribution in [-0.4, -0.2) is 23.5 Å². The Kier molecular flexibility index (Phi) is 3.89. The molecule has 96 valence electrons. The number of rotatable bonds is 2. The number of furan rings is 1. The average molecular weight is 236 g/mol. The van der Waals surface area contributed by atoms with Gasteiger partial charge in [-0.3, -0.25) is 4.90 Å². The number of hydrogen-bond acceptors (Lipinski definition) is 3. The Morgan fingerprint density at radius 1 is 1.35 bits per heavy atom. The molecule has 0 saturated carbocycles. The lowest BCUT2D eigenvalue weighted by atomic mass is 10.0. The Labute approximate surface area is 104 Å². The van der Waals surface area contributed by atoms with Crippen molar-refractivity contribution in [2.45, 2.75) is 58.2 Å². The number of likely N-dealkylation sites (tertiary alicyclic amines) is 1. The van der Waals surface area contributed by atoms with Crippen molar-refractivity contribution in [1.82, 2.24) is 4.90 Å². The van der Waals surface area contributed by atoms with E-state index in [1.54, 1.807) is 0 Å². The van der Waals surface area contributed by atoms with Gasteiger partial charge in [-0.25, -0.2) is 0 Å². The van der Waals surface area contributed by atoms with Crippen molar-refractivity contribution in [1.29, 1.82) is 0 Å². The first-order valence-electron chi connectivity index (χ1n) is 6.67. The van der Waals surface area contributed by atoms with Crippen molar-refractivity contribution in [3.8, 4) is 0 Å². The van der Waals surface area contributed by atoms with Gasteiger partial charge >= 0.3 is 0 Å². The molecule has 1 fully saturated rings. The summed E-state index contributed by atoms with van der Waals surface area (Å²) in [5.74, 6) is 2.01. The highest BCUT2D eigenvalue weighted by molar-refractivity contribution is 5.13. The predicted molar refractivity (Wildman–Crippen MR) is 69.9 cm³/mol. The van der Waals surface area contributed by atoms with Crippen molar-refractivity contribution >= 4 is 0 Å². The smallest absolute Gasteiger partial charge is 0.122 e. The molecule has 0 bridgehead atoms. The maximum absolute atomic E-state index is 6.35. The average Bonchev–Trinajstić information content (AvgIpc) is 2.58. The minimum atomic E-state index is 0.186. The van der Waals surface area contributed by atoms with Gasteiger partial charge in [0.2, 0.25) is 0 Å². The van der Waals surface area contributed by atoms with E-state index in [-0.39, 0.29) is 12.1 Å². The standard InChI is InChI=1S/C14H24N2O/c1-10(2)16-9-5-4-6-12(15)14(16)13-8-7-11(3)17-13/h7-8,10,12,14H,4-6,9,15H2,1-3H3. The Hall–Kier alpha value is -0.800. The predicted octanol–water partition coefficient (Wildman–Crippen LogP) is 2.85. The molecule has 1 aliphatic heterocycles. The molecule has 1 aromatic rings. The molecule has 0 aliphatic carbocycles. The second-order valence-corrected chi connectivity index (χ2v) is 5.38. The Bertz CT molecular complexity index is 359. The second-order valence-electron chi connectivity index (χ2n) is 5.38.